The predicted molar refractivity (Wildman–Crippen MR) is 105 cm³/mol. The van der Waals surface area contributed by atoms with Crippen LogP contribution in [0, 0.1) is 24.6 Å². The van der Waals surface area contributed by atoms with E-state index in [1.165, 1.54) is 16.8 Å². The zero-order chi connectivity index (χ0) is 21.0. The number of benzene rings is 1. The van der Waals surface area contributed by atoms with Gasteiger partial charge in [0.1, 0.15) is 23.7 Å². The van der Waals surface area contributed by atoms with Crippen LogP contribution in [0.2, 0.25) is 0 Å². The van der Waals surface area contributed by atoms with E-state index in [0.29, 0.717) is 17.2 Å². The molecule has 156 valence electrons. The molecule has 0 bridgehead atoms. The molecule has 0 spiro atoms. The van der Waals surface area contributed by atoms with Crippen molar-refractivity contribution in [2.75, 3.05) is 11.9 Å². The SMILES string of the molecule is Cc1cc(NC(=O)CN2C(=O)NC(C3CC3)(C3CC3)C2=O)n(-c2ccc(F)cc2)n1. The first-order valence-corrected chi connectivity index (χ1v) is 10.1. The maximum atomic E-state index is 13.2. The summed E-state index contributed by atoms with van der Waals surface area (Å²) in [6, 6.07) is 6.88. The van der Waals surface area contributed by atoms with Gasteiger partial charge in [-0.05, 0) is 68.7 Å². The van der Waals surface area contributed by atoms with E-state index in [9.17, 15) is 18.8 Å². The highest BCUT2D eigenvalue weighted by Crippen LogP contribution is 2.54. The lowest BCUT2D eigenvalue weighted by Gasteiger charge is -2.26. The summed E-state index contributed by atoms with van der Waals surface area (Å²) < 4.78 is 14.7. The molecule has 2 N–H and O–H groups in total. The van der Waals surface area contributed by atoms with E-state index >= 15 is 0 Å². The van der Waals surface area contributed by atoms with Gasteiger partial charge < -0.3 is 10.6 Å². The molecule has 3 fully saturated rings. The summed E-state index contributed by atoms with van der Waals surface area (Å²) in [6.45, 7) is 1.41. The third-order valence-corrected chi connectivity index (χ3v) is 6.07. The third-order valence-electron chi connectivity index (χ3n) is 6.07. The minimum absolute atomic E-state index is 0.178. The van der Waals surface area contributed by atoms with Crippen molar-refractivity contribution in [1.82, 2.24) is 20.0 Å². The van der Waals surface area contributed by atoms with E-state index in [-0.39, 0.29) is 30.1 Å². The fourth-order valence-corrected chi connectivity index (χ4v) is 4.41. The molecule has 4 amide bonds. The highest BCUT2D eigenvalue weighted by Gasteiger charge is 2.65. The summed E-state index contributed by atoms with van der Waals surface area (Å²) in [5.74, 6) is -0.414. The summed E-state index contributed by atoms with van der Waals surface area (Å²) in [5.41, 5.74) is 0.423. The van der Waals surface area contributed by atoms with Crippen LogP contribution in [-0.4, -0.2) is 44.6 Å². The molecular formula is C21H22FN5O3. The molecule has 2 aromatic rings. The molecule has 0 radical (unpaired) electrons. The standard InChI is InChI=1S/C21H22FN5O3/c1-12-10-17(27(25-12)16-8-6-15(22)7-9-16)23-18(28)11-26-19(29)21(13-2-3-13,14-4-5-14)24-20(26)30/h6-10,13-14H,2-5,11H2,1H3,(H,23,28)(H,24,30). The van der Waals surface area contributed by atoms with Crippen molar-refractivity contribution < 1.29 is 18.8 Å². The lowest BCUT2D eigenvalue weighted by atomic mass is 9.87. The fourth-order valence-electron chi connectivity index (χ4n) is 4.41. The molecular weight excluding hydrogens is 389 g/mol. The van der Waals surface area contributed by atoms with Gasteiger partial charge in [-0.2, -0.15) is 5.10 Å². The van der Waals surface area contributed by atoms with Gasteiger partial charge in [0.15, 0.2) is 0 Å². The van der Waals surface area contributed by atoms with Crippen LogP contribution in [-0.2, 0) is 9.59 Å². The number of imide groups is 1. The first-order chi connectivity index (χ1) is 14.4. The molecule has 30 heavy (non-hydrogen) atoms. The normalized spacial score (nSPS) is 20.4. The molecule has 1 aliphatic heterocycles. The number of carbonyl (C=O) groups excluding carboxylic acids is 3. The molecule has 2 saturated carbocycles. The number of hydrogen-bond acceptors (Lipinski definition) is 4. The number of anilines is 1. The van der Waals surface area contributed by atoms with Gasteiger partial charge in [0.25, 0.3) is 5.91 Å². The summed E-state index contributed by atoms with van der Waals surface area (Å²) >= 11 is 0. The van der Waals surface area contributed by atoms with Crippen LogP contribution in [0.25, 0.3) is 5.69 Å². The van der Waals surface area contributed by atoms with E-state index in [1.54, 1.807) is 25.1 Å². The minimum atomic E-state index is -0.816. The van der Waals surface area contributed by atoms with Crippen LogP contribution in [0.3, 0.4) is 0 Å². The number of nitrogens with zero attached hydrogens (tertiary/aromatic N) is 3. The lowest BCUT2D eigenvalue weighted by Crippen LogP contribution is -2.51. The molecule has 1 saturated heterocycles. The Kier molecular flexibility index (Phi) is 4.16. The summed E-state index contributed by atoms with van der Waals surface area (Å²) in [5, 5.41) is 9.97. The van der Waals surface area contributed by atoms with Gasteiger partial charge in [0, 0.05) is 6.07 Å². The third kappa shape index (κ3) is 3.05. The van der Waals surface area contributed by atoms with Gasteiger partial charge in [-0.25, -0.2) is 13.9 Å². The van der Waals surface area contributed by atoms with Crippen LogP contribution in [0.15, 0.2) is 30.3 Å². The smallest absolute Gasteiger partial charge is 0.323 e. The van der Waals surface area contributed by atoms with Gasteiger partial charge in [-0.3, -0.25) is 14.5 Å². The highest BCUT2D eigenvalue weighted by molar-refractivity contribution is 6.10. The predicted octanol–water partition coefficient (Wildman–Crippen LogP) is 2.37. The van der Waals surface area contributed by atoms with Crippen molar-refractivity contribution in [1.29, 1.82) is 0 Å². The second-order valence-corrected chi connectivity index (χ2v) is 8.35. The largest absolute Gasteiger partial charge is 0.325 e. The topological polar surface area (TPSA) is 96.3 Å². The van der Waals surface area contributed by atoms with Gasteiger partial charge in [0.05, 0.1) is 11.4 Å². The lowest BCUT2D eigenvalue weighted by molar-refractivity contribution is -0.135. The molecule has 1 aromatic heterocycles. The van der Waals surface area contributed by atoms with Crippen LogP contribution in [0.4, 0.5) is 15.0 Å². The monoisotopic (exact) mass is 411 g/mol. The molecule has 5 rings (SSSR count). The van der Waals surface area contributed by atoms with Crippen LogP contribution in [0.5, 0.6) is 0 Å². The van der Waals surface area contributed by atoms with E-state index in [1.807, 2.05) is 0 Å². The number of aryl methyl sites for hydroxylation is 1. The van der Waals surface area contributed by atoms with Crippen molar-refractivity contribution in [3.8, 4) is 5.69 Å². The maximum Gasteiger partial charge on any atom is 0.325 e. The number of amides is 4. The molecule has 1 aromatic carbocycles. The van der Waals surface area contributed by atoms with E-state index in [0.717, 1.165) is 30.6 Å². The molecule has 0 atom stereocenters. The fraction of sp³-hybridized carbons (Fsp3) is 0.429. The second kappa shape index (κ2) is 6.65. The van der Waals surface area contributed by atoms with E-state index in [4.69, 9.17) is 0 Å². The average molecular weight is 411 g/mol. The van der Waals surface area contributed by atoms with Crippen molar-refractivity contribution in [3.05, 3.63) is 41.8 Å². The Balaban J connectivity index is 1.33. The Hall–Kier alpha value is -3.23. The molecule has 3 aliphatic rings. The van der Waals surface area contributed by atoms with Gasteiger partial charge in [-0.15, -0.1) is 0 Å². The van der Waals surface area contributed by atoms with E-state index in [2.05, 4.69) is 15.7 Å². The molecule has 9 heteroatoms. The zero-order valence-electron chi connectivity index (χ0n) is 16.5. The van der Waals surface area contributed by atoms with Gasteiger partial charge in [-0.1, -0.05) is 0 Å². The number of carbonyl (C=O) groups is 3. The Morgan fingerprint density at radius 3 is 2.43 bits per heavy atom. The minimum Gasteiger partial charge on any atom is -0.323 e. The Morgan fingerprint density at radius 1 is 1.20 bits per heavy atom. The second-order valence-electron chi connectivity index (χ2n) is 8.35. The van der Waals surface area contributed by atoms with Crippen LogP contribution >= 0.6 is 0 Å². The Morgan fingerprint density at radius 2 is 1.83 bits per heavy atom. The molecule has 8 nitrogen and oxygen atoms in total. The number of rotatable bonds is 6. The number of hydrogen-bond donors (Lipinski definition) is 2. The van der Waals surface area contributed by atoms with Crippen molar-refractivity contribution >= 4 is 23.7 Å². The van der Waals surface area contributed by atoms with Crippen molar-refractivity contribution in [3.63, 3.8) is 0 Å². The number of urea groups is 1. The van der Waals surface area contributed by atoms with E-state index < -0.39 is 17.5 Å². The van der Waals surface area contributed by atoms with Crippen LogP contribution in [0.1, 0.15) is 31.4 Å². The number of aromatic nitrogens is 2. The molecule has 2 aliphatic carbocycles. The quantitative estimate of drug-likeness (QED) is 0.714. The number of halogens is 1. The van der Waals surface area contributed by atoms with Crippen molar-refractivity contribution in [2.45, 2.75) is 38.1 Å². The van der Waals surface area contributed by atoms with Gasteiger partial charge >= 0.3 is 6.03 Å². The number of nitrogens with one attached hydrogen (secondary N) is 2. The first kappa shape index (κ1) is 18.8. The summed E-state index contributed by atoms with van der Waals surface area (Å²) in [6.07, 6.45) is 3.72. The van der Waals surface area contributed by atoms with Gasteiger partial charge in [0.2, 0.25) is 5.91 Å². The summed E-state index contributed by atoms with van der Waals surface area (Å²) in [7, 11) is 0. The first-order valence-electron chi connectivity index (χ1n) is 10.1. The average Bonchev–Trinajstić information content (AvgIpc) is 3.62. The summed E-state index contributed by atoms with van der Waals surface area (Å²) in [4.78, 5) is 39.4. The molecule has 0 unspecified atom stereocenters. The van der Waals surface area contributed by atoms with Crippen molar-refractivity contribution in [2.24, 2.45) is 11.8 Å². The Labute approximate surface area is 172 Å². The molecule has 2 heterocycles. The van der Waals surface area contributed by atoms with Crippen LogP contribution < -0.4 is 10.6 Å². The highest BCUT2D eigenvalue weighted by atomic mass is 19.1. The maximum absolute atomic E-state index is 13.2. The Bertz CT molecular complexity index is 1030. The zero-order valence-corrected chi connectivity index (χ0v) is 16.5.